The third-order valence-electron chi connectivity index (χ3n) is 4.33. The third-order valence-corrected chi connectivity index (χ3v) is 4.33. The molecule has 0 saturated heterocycles. The quantitative estimate of drug-likeness (QED) is 0.716. The van der Waals surface area contributed by atoms with Crippen LogP contribution in [-0.2, 0) is 0 Å². The Labute approximate surface area is 154 Å². The zero-order chi connectivity index (χ0) is 18.5. The van der Waals surface area contributed by atoms with E-state index in [9.17, 15) is 4.79 Å². The van der Waals surface area contributed by atoms with Crippen molar-refractivity contribution in [2.45, 2.75) is 32.7 Å². The molecule has 1 heterocycles. The molecule has 0 bridgehead atoms. The Bertz CT molecular complexity index is 799. The van der Waals surface area contributed by atoms with Crippen LogP contribution in [0.1, 0.15) is 37.1 Å². The molecule has 1 fully saturated rings. The van der Waals surface area contributed by atoms with Crippen LogP contribution in [0.5, 0.6) is 5.75 Å². The van der Waals surface area contributed by atoms with Crippen molar-refractivity contribution >= 4 is 11.7 Å². The fourth-order valence-corrected chi connectivity index (χ4v) is 2.86. The highest BCUT2D eigenvalue weighted by Gasteiger charge is 2.35. The molecule has 0 unspecified atom stereocenters. The molecule has 1 aliphatic carbocycles. The van der Waals surface area contributed by atoms with Crippen LogP contribution in [0.4, 0.5) is 10.5 Å². The van der Waals surface area contributed by atoms with Crippen LogP contribution in [0.15, 0.2) is 54.7 Å². The number of pyridine rings is 1. The van der Waals surface area contributed by atoms with Crippen molar-refractivity contribution < 1.29 is 9.53 Å². The lowest BCUT2D eigenvalue weighted by Crippen LogP contribution is -2.34. The van der Waals surface area contributed by atoms with E-state index in [0.29, 0.717) is 24.0 Å². The zero-order valence-corrected chi connectivity index (χ0v) is 15.3. The summed E-state index contributed by atoms with van der Waals surface area (Å²) in [4.78, 5) is 17.1. The number of anilines is 1. The molecule has 3 rings (SSSR count). The fraction of sp³-hybridized carbons (Fsp3) is 0.333. The second kappa shape index (κ2) is 8.04. The number of urea groups is 1. The van der Waals surface area contributed by atoms with E-state index >= 15 is 0 Å². The molecule has 0 aliphatic heterocycles. The average Bonchev–Trinajstić information content (AvgIpc) is 3.44. The Kier molecular flexibility index (Phi) is 5.56. The largest absolute Gasteiger partial charge is 0.487 e. The van der Waals surface area contributed by atoms with E-state index in [0.717, 1.165) is 29.7 Å². The highest BCUT2D eigenvalue weighted by Crippen LogP contribution is 2.41. The van der Waals surface area contributed by atoms with Gasteiger partial charge in [0.15, 0.2) is 0 Å². The number of hydrogen-bond donors (Lipinski definition) is 2. The number of rotatable bonds is 7. The lowest BCUT2D eigenvalue weighted by atomic mass is 10.0. The van der Waals surface area contributed by atoms with E-state index in [1.54, 1.807) is 6.20 Å². The van der Waals surface area contributed by atoms with Gasteiger partial charge in [0.1, 0.15) is 12.4 Å². The Hall–Kier alpha value is -2.82. The molecule has 5 nitrogen and oxygen atoms in total. The number of para-hydroxylation sites is 2. The van der Waals surface area contributed by atoms with E-state index < -0.39 is 0 Å². The van der Waals surface area contributed by atoms with Crippen LogP contribution in [0.2, 0.25) is 0 Å². The molecule has 26 heavy (non-hydrogen) atoms. The van der Waals surface area contributed by atoms with Crippen molar-refractivity contribution in [2.24, 2.45) is 5.92 Å². The fourth-order valence-electron chi connectivity index (χ4n) is 2.86. The van der Waals surface area contributed by atoms with Gasteiger partial charge < -0.3 is 15.4 Å². The first-order valence-corrected chi connectivity index (χ1v) is 8.90. The molecule has 2 N–H and O–H groups in total. The smallest absolute Gasteiger partial charge is 0.319 e. The van der Waals surface area contributed by atoms with Gasteiger partial charge in [0.05, 0.1) is 17.4 Å². The minimum Gasteiger partial charge on any atom is -0.487 e. The van der Waals surface area contributed by atoms with Crippen molar-refractivity contribution in [3.63, 3.8) is 0 Å². The van der Waals surface area contributed by atoms with E-state index in [4.69, 9.17) is 4.74 Å². The molecule has 5 heteroatoms. The molecule has 0 spiro atoms. The maximum atomic E-state index is 12.6. The number of carbonyl (C=O) groups is 1. The summed E-state index contributed by atoms with van der Waals surface area (Å²) in [6.07, 6.45) is 4.00. The second-order valence-corrected chi connectivity index (χ2v) is 6.86. The van der Waals surface area contributed by atoms with Crippen LogP contribution in [0, 0.1) is 12.8 Å². The van der Waals surface area contributed by atoms with Gasteiger partial charge in [0.2, 0.25) is 0 Å². The maximum absolute atomic E-state index is 12.6. The van der Waals surface area contributed by atoms with Crippen LogP contribution in [0.3, 0.4) is 0 Å². The average molecular weight is 351 g/mol. The number of hydrogen-bond acceptors (Lipinski definition) is 3. The Morgan fingerprint density at radius 3 is 2.77 bits per heavy atom. The molecule has 1 aromatic carbocycles. The predicted molar refractivity (Wildman–Crippen MR) is 103 cm³/mol. The summed E-state index contributed by atoms with van der Waals surface area (Å²) in [6, 6.07) is 11.0. The Morgan fingerprint density at radius 2 is 2.08 bits per heavy atom. The van der Waals surface area contributed by atoms with Gasteiger partial charge in [-0.25, -0.2) is 4.79 Å². The molecule has 136 valence electrons. The Balaban J connectivity index is 1.70. The van der Waals surface area contributed by atoms with Gasteiger partial charge >= 0.3 is 6.03 Å². The minimum atomic E-state index is -0.252. The highest BCUT2D eigenvalue weighted by atomic mass is 16.5. The number of nitrogens with zero attached hydrogens (tertiary/aromatic N) is 1. The van der Waals surface area contributed by atoms with Gasteiger partial charge in [-0.05, 0) is 61.9 Å². The summed E-state index contributed by atoms with van der Waals surface area (Å²) in [6.45, 7) is 8.18. The minimum absolute atomic E-state index is 0.0697. The van der Waals surface area contributed by atoms with E-state index in [1.807, 2.05) is 50.2 Å². The van der Waals surface area contributed by atoms with Gasteiger partial charge in [0, 0.05) is 6.20 Å². The lowest BCUT2D eigenvalue weighted by Gasteiger charge is -2.20. The molecule has 1 saturated carbocycles. The molecular weight excluding hydrogens is 326 g/mol. The highest BCUT2D eigenvalue weighted by molar-refractivity contribution is 5.91. The number of ether oxygens (including phenoxy) is 1. The lowest BCUT2D eigenvalue weighted by molar-refractivity contribution is 0.246. The van der Waals surface area contributed by atoms with Gasteiger partial charge in [-0.3, -0.25) is 4.98 Å². The molecule has 1 aliphatic rings. The number of carbonyl (C=O) groups excluding carboxylic acids is 1. The summed E-state index contributed by atoms with van der Waals surface area (Å²) in [5.74, 6) is 1.08. The molecular formula is C21H25N3O2. The van der Waals surface area contributed by atoms with Crippen molar-refractivity contribution in [2.75, 3.05) is 11.9 Å². The number of nitrogens with one attached hydrogen (secondary N) is 2. The van der Waals surface area contributed by atoms with E-state index in [1.165, 1.54) is 0 Å². The molecule has 0 radical (unpaired) electrons. The van der Waals surface area contributed by atoms with Crippen LogP contribution in [0.25, 0.3) is 0 Å². The number of amides is 2. The predicted octanol–water partition coefficient (Wildman–Crippen LogP) is 4.62. The molecule has 2 amide bonds. The first-order chi connectivity index (χ1) is 12.5. The van der Waals surface area contributed by atoms with Crippen LogP contribution >= 0.6 is 0 Å². The number of benzene rings is 1. The summed E-state index contributed by atoms with van der Waals surface area (Å²) in [5.41, 5.74) is 3.59. The van der Waals surface area contributed by atoms with Crippen molar-refractivity contribution in [1.29, 1.82) is 0 Å². The first-order valence-electron chi connectivity index (χ1n) is 8.90. The van der Waals surface area contributed by atoms with Crippen LogP contribution < -0.4 is 15.4 Å². The SMILES string of the molecule is C=C(C)COc1ccccc1NC(=O)N[C@H](c1ncccc1C)C1CC1. The number of aryl methyl sites for hydroxylation is 1. The zero-order valence-electron chi connectivity index (χ0n) is 15.3. The standard InChI is InChI=1S/C21H25N3O2/c1-14(2)13-26-18-9-5-4-8-17(18)23-21(25)24-20(16-10-11-16)19-15(3)7-6-12-22-19/h4-9,12,16,20H,1,10-11,13H2,2-3H3,(H2,23,24,25)/t20-/m0/s1. The maximum Gasteiger partial charge on any atom is 0.319 e. The van der Waals surface area contributed by atoms with Gasteiger partial charge in [-0.2, -0.15) is 0 Å². The van der Waals surface area contributed by atoms with Crippen molar-refractivity contribution in [3.05, 3.63) is 66.0 Å². The molecule has 1 aromatic heterocycles. The Morgan fingerprint density at radius 1 is 1.31 bits per heavy atom. The van der Waals surface area contributed by atoms with Crippen LogP contribution in [-0.4, -0.2) is 17.6 Å². The van der Waals surface area contributed by atoms with Crippen molar-refractivity contribution in [1.82, 2.24) is 10.3 Å². The summed E-state index contributed by atoms with van der Waals surface area (Å²) in [5, 5.41) is 6.00. The number of aromatic nitrogens is 1. The van der Waals surface area contributed by atoms with Gasteiger partial charge in [-0.15, -0.1) is 0 Å². The monoisotopic (exact) mass is 351 g/mol. The third kappa shape index (κ3) is 4.63. The van der Waals surface area contributed by atoms with Crippen molar-refractivity contribution in [3.8, 4) is 5.75 Å². The van der Waals surface area contributed by atoms with E-state index in [2.05, 4.69) is 22.2 Å². The first kappa shape index (κ1) is 18.0. The van der Waals surface area contributed by atoms with E-state index in [-0.39, 0.29) is 12.1 Å². The second-order valence-electron chi connectivity index (χ2n) is 6.86. The summed E-state index contributed by atoms with van der Waals surface area (Å²) >= 11 is 0. The van der Waals surface area contributed by atoms with Gasteiger partial charge in [-0.1, -0.05) is 24.8 Å². The molecule has 1 atom stereocenters. The topological polar surface area (TPSA) is 63.2 Å². The summed E-state index contributed by atoms with van der Waals surface area (Å²) in [7, 11) is 0. The van der Waals surface area contributed by atoms with Gasteiger partial charge in [0.25, 0.3) is 0 Å². The molecule has 2 aromatic rings. The summed E-state index contributed by atoms with van der Waals surface area (Å²) < 4.78 is 5.71. The normalized spacial score (nSPS) is 14.4.